The summed E-state index contributed by atoms with van der Waals surface area (Å²) < 4.78 is 27.8. The van der Waals surface area contributed by atoms with E-state index >= 15 is 0 Å². The SMILES string of the molecule is Fc1ccc2c(c1)oc1ccc(N(c3cccc(-c4cccc(C5(c6ccccc6)c6ccccc6-c6ccccc65)c4)c3)c3ccc4c(c3)C3(c5ccccc5O4)c4ccccc4-c4ccccc43)cc12. The largest absolute Gasteiger partial charge is 0.457 e. The van der Waals surface area contributed by atoms with Crippen LogP contribution in [0.15, 0.2) is 259 Å². The molecule has 2 aliphatic carbocycles. The van der Waals surface area contributed by atoms with Crippen LogP contribution in [0.3, 0.4) is 0 Å². The molecule has 4 heteroatoms. The number of halogens is 1. The molecule has 0 saturated heterocycles. The smallest absolute Gasteiger partial charge is 0.138 e. The van der Waals surface area contributed by atoms with Crippen molar-refractivity contribution in [1.82, 2.24) is 0 Å². The quantitative estimate of drug-likeness (QED) is 0.166. The van der Waals surface area contributed by atoms with E-state index in [4.69, 9.17) is 9.15 Å². The van der Waals surface area contributed by atoms with Gasteiger partial charge in [0.25, 0.3) is 0 Å². The predicted molar refractivity (Wildman–Crippen MR) is 288 cm³/mol. The van der Waals surface area contributed by atoms with Gasteiger partial charge in [-0.2, -0.15) is 0 Å². The third kappa shape index (κ3) is 5.60. The number of hydrogen-bond acceptors (Lipinski definition) is 3. The van der Waals surface area contributed by atoms with Crippen LogP contribution in [0.2, 0.25) is 0 Å². The van der Waals surface area contributed by atoms with Crippen LogP contribution >= 0.6 is 0 Å². The molecule has 15 rings (SSSR count). The van der Waals surface area contributed by atoms with Gasteiger partial charge in [0.05, 0.1) is 10.8 Å². The van der Waals surface area contributed by atoms with Crippen molar-refractivity contribution in [2.75, 3.05) is 4.90 Å². The van der Waals surface area contributed by atoms with E-state index in [1.807, 2.05) is 12.1 Å². The molecule has 11 aromatic carbocycles. The van der Waals surface area contributed by atoms with Crippen LogP contribution in [-0.2, 0) is 10.8 Å². The number of nitrogens with zero attached hydrogens (tertiary/aromatic N) is 1. The number of benzene rings is 11. The van der Waals surface area contributed by atoms with Crippen LogP contribution in [0, 0.1) is 5.82 Å². The fraction of sp³-hybridized carbons (Fsp3) is 0.0294. The average molecular weight is 924 g/mol. The molecule has 0 bridgehead atoms. The zero-order valence-corrected chi connectivity index (χ0v) is 38.9. The highest BCUT2D eigenvalue weighted by Crippen LogP contribution is 2.63. The lowest BCUT2D eigenvalue weighted by atomic mass is 9.66. The van der Waals surface area contributed by atoms with Crippen molar-refractivity contribution in [2.24, 2.45) is 0 Å². The maximum Gasteiger partial charge on any atom is 0.138 e. The molecule has 1 aliphatic heterocycles. The first-order chi connectivity index (χ1) is 35.6. The van der Waals surface area contributed by atoms with Gasteiger partial charge in [0, 0.05) is 45.0 Å². The van der Waals surface area contributed by atoms with E-state index in [-0.39, 0.29) is 5.82 Å². The number of hydrogen-bond donors (Lipinski definition) is 0. The Morgan fingerprint density at radius 2 is 0.847 bits per heavy atom. The Balaban J connectivity index is 0.947. The number of para-hydroxylation sites is 1. The Bertz CT molecular complexity index is 4100. The van der Waals surface area contributed by atoms with Crippen molar-refractivity contribution in [3.63, 3.8) is 0 Å². The Morgan fingerprint density at radius 1 is 0.319 bits per heavy atom. The van der Waals surface area contributed by atoms with Gasteiger partial charge < -0.3 is 14.1 Å². The Hall–Kier alpha value is -9.25. The lowest BCUT2D eigenvalue weighted by Gasteiger charge is -2.40. The number of rotatable bonds is 6. The lowest BCUT2D eigenvalue weighted by molar-refractivity contribution is 0.436. The monoisotopic (exact) mass is 923 g/mol. The minimum Gasteiger partial charge on any atom is -0.457 e. The van der Waals surface area contributed by atoms with Crippen LogP contribution in [0.4, 0.5) is 21.5 Å². The summed E-state index contributed by atoms with van der Waals surface area (Å²) in [5.41, 5.74) is 19.7. The van der Waals surface area contributed by atoms with E-state index in [2.05, 4.69) is 235 Å². The first-order valence-electron chi connectivity index (χ1n) is 24.6. The van der Waals surface area contributed by atoms with E-state index in [1.54, 1.807) is 0 Å². The predicted octanol–water partition coefficient (Wildman–Crippen LogP) is 17.7. The summed E-state index contributed by atoms with van der Waals surface area (Å²) >= 11 is 0. The van der Waals surface area contributed by atoms with Crippen LogP contribution in [0.25, 0.3) is 55.3 Å². The third-order valence-electron chi connectivity index (χ3n) is 15.7. The zero-order valence-electron chi connectivity index (χ0n) is 38.9. The van der Waals surface area contributed by atoms with E-state index in [9.17, 15) is 4.39 Å². The standard InChI is InChI=1S/C68H42FNO2/c69-47-32-35-55-56-41-49(33-36-63(56)71-66(55)40-47)70(50-34-37-65-62(42-50)68(61-30-12-13-31-64(61)72-65)59-28-10-6-24-53(59)54-25-7-11-29-60(54)68)48-21-15-17-44(39-48)43-16-14-20-46(38-43)67(45-18-2-1-3-19-45)57-26-8-4-22-51(57)52-23-5-9-27-58(52)67/h1-42H. The van der Waals surface area contributed by atoms with Gasteiger partial charge in [0.15, 0.2) is 0 Å². The molecular formula is C68H42FNO2. The molecule has 1 spiro atoms. The second-order valence-electron chi connectivity index (χ2n) is 19.2. The molecule has 338 valence electrons. The fourth-order valence-corrected chi connectivity index (χ4v) is 12.8. The first kappa shape index (κ1) is 40.6. The molecule has 0 saturated carbocycles. The molecule has 3 nitrogen and oxygen atoms in total. The summed E-state index contributed by atoms with van der Waals surface area (Å²) in [6.45, 7) is 0. The summed E-state index contributed by atoms with van der Waals surface area (Å²) in [6, 6.07) is 90.6. The van der Waals surface area contributed by atoms with Gasteiger partial charge in [-0.25, -0.2) is 4.39 Å². The summed E-state index contributed by atoms with van der Waals surface area (Å²) in [4.78, 5) is 2.34. The highest BCUT2D eigenvalue weighted by Gasteiger charge is 2.51. The van der Waals surface area contributed by atoms with Crippen molar-refractivity contribution in [1.29, 1.82) is 0 Å². The highest BCUT2D eigenvalue weighted by atomic mass is 19.1. The maximum atomic E-state index is 14.6. The van der Waals surface area contributed by atoms with Crippen molar-refractivity contribution in [2.45, 2.75) is 10.8 Å². The topological polar surface area (TPSA) is 25.6 Å². The number of fused-ring (bicyclic) bond motifs is 15. The second-order valence-corrected chi connectivity index (χ2v) is 19.2. The van der Waals surface area contributed by atoms with Crippen molar-refractivity contribution < 1.29 is 13.5 Å². The summed E-state index contributed by atoms with van der Waals surface area (Å²) in [7, 11) is 0. The van der Waals surface area contributed by atoms with E-state index in [0.717, 1.165) is 61.6 Å². The normalized spacial score (nSPS) is 14.0. The van der Waals surface area contributed by atoms with Gasteiger partial charge in [0.2, 0.25) is 0 Å². The Kier molecular flexibility index (Phi) is 8.67. The average Bonchev–Trinajstić information content (AvgIpc) is 4.06. The van der Waals surface area contributed by atoms with E-state index < -0.39 is 10.8 Å². The molecule has 0 radical (unpaired) electrons. The molecule has 1 aromatic heterocycles. The van der Waals surface area contributed by atoms with Crippen LogP contribution in [0.1, 0.15) is 44.5 Å². The van der Waals surface area contributed by atoms with E-state index in [0.29, 0.717) is 11.2 Å². The Morgan fingerprint density at radius 3 is 1.54 bits per heavy atom. The van der Waals surface area contributed by atoms with Crippen molar-refractivity contribution in [3.05, 3.63) is 305 Å². The molecule has 0 fully saturated rings. The van der Waals surface area contributed by atoms with Gasteiger partial charge in [-0.3, -0.25) is 0 Å². The summed E-state index contributed by atoms with van der Waals surface area (Å²) in [5, 5.41) is 1.76. The maximum absolute atomic E-state index is 14.6. The molecule has 0 atom stereocenters. The van der Waals surface area contributed by atoms with Crippen LogP contribution < -0.4 is 9.64 Å². The molecule has 0 amide bonds. The number of ether oxygens (including phenoxy) is 1. The van der Waals surface area contributed by atoms with Gasteiger partial charge in [-0.1, -0.05) is 176 Å². The minimum absolute atomic E-state index is 0.331. The third-order valence-corrected chi connectivity index (χ3v) is 15.7. The highest BCUT2D eigenvalue weighted by molar-refractivity contribution is 6.07. The summed E-state index contributed by atoms with van der Waals surface area (Å²) in [5.74, 6) is 1.33. The molecule has 2 heterocycles. The molecule has 3 aliphatic rings. The van der Waals surface area contributed by atoms with Gasteiger partial charge >= 0.3 is 0 Å². The summed E-state index contributed by atoms with van der Waals surface area (Å²) in [6.07, 6.45) is 0. The number of anilines is 3. The number of furan rings is 1. The van der Waals surface area contributed by atoms with Gasteiger partial charge in [0.1, 0.15) is 28.5 Å². The molecule has 12 aromatic rings. The zero-order chi connectivity index (χ0) is 47.5. The van der Waals surface area contributed by atoms with Gasteiger partial charge in [-0.05, 0) is 140 Å². The fourth-order valence-electron chi connectivity index (χ4n) is 12.8. The van der Waals surface area contributed by atoms with Gasteiger partial charge in [-0.15, -0.1) is 0 Å². The molecule has 72 heavy (non-hydrogen) atoms. The van der Waals surface area contributed by atoms with E-state index in [1.165, 1.54) is 67.8 Å². The molecule has 0 N–H and O–H groups in total. The first-order valence-corrected chi connectivity index (χ1v) is 24.6. The van der Waals surface area contributed by atoms with Crippen LogP contribution in [-0.4, -0.2) is 0 Å². The van der Waals surface area contributed by atoms with Crippen molar-refractivity contribution >= 4 is 39.0 Å². The Labute approximate surface area is 416 Å². The molecular weight excluding hydrogens is 882 g/mol. The molecule has 0 unspecified atom stereocenters. The van der Waals surface area contributed by atoms with Crippen molar-refractivity contribution in [3.8, 4) is 44.9 Å². The lowest BCUT2D eigenvalue weighted by Crippen LogP contribution is -2.32. The van der Waals surface area contributed by atoms with Crippen LogP contribution in [0.5, 0.6) is 11.5 Å². The minimum atomic E-state index is -0.650. The second kappa shape index (κ2) is 15.4.